The summed E-state index contributed by atoms with van der Waals surface area (Å²) in [6, 6.07) is 12.1. The molecule has 0 saturated carbocycles. The Balaban J connectivity index is 2.55. The van der Waals surface area contributed by atoms with Crippen LogP contribution >= 0.6 is 24.2 Å². The van der Waals surface area contributed by atoms with Crippen LogP contribution in [0.2, 0.25) is 0 Å². The van der Waals surface area contributed by atoms with E-state index in [1.54, 1.807) is 0 Å². The van der Waals surface area contributed by atoms with Crippen molar-refractivity contribution in [1.82, 2.24) is 0 Å². The Kier molecular flexibility index (Phi) is 4.92. The smallest absolute Gasteiger partial charge is 0.133 e. The third-order valence-electron chi connectivity index (χ3n) is 3.72. The Bertz CT molecular complexity index is 638. The summed E-state index contributed by atoms with van der Waals surface area (Å²) in [6.45, 7) is 3.93. The molecule has 0 bridgehead atoms. The highest BCUT2D eigenvalue weighted by Gasteiger charge is 2.39. The Hall–Kier alpha value is -0.800. The fourth-order valence-corrected chi connectivity index (χ4v) is 3.53. The van der Waals surface area contributed by atoms with E-state index >= 15 is 0 Å². The quantitative estimate of drug-likeness (QED) is 0.741. The molecule has 0 aliphatic carbocycles. The average Bonchev–Trinajstić information content (AvgIpc) is 2.43. The first kappa shape index (κ1) is 15.6. The SMILES string of the molecule is CCC(CC)(O[P+](=O)O)c1ccc2ccc(Br)cc2c1. The van der Waals surface area contributed by atoms with Gasteiger partial charge in [-0.25, -0.2) is 0 Å². The maximum absolute atomic E-state index is 11.1. The molecule has 3 nitrogen and oxygen atoms in total. The van der Waals surface area contributed by atoms with Crippen molar-refractivity contribution in [2.24, 2.45) is 0 Å². The first-order chi connectivity index (χ1) is 9.50. The third-order valence-corrected chi connectivity index (χ3v) is 4.72. The number of hydrogen-bond acceptors (Lipinski definition) is 2. The third kappa shape index (κ3) is 3.09. The fraction of sp³-hybridized carbons (Fsp3) is 0.333. The Labute approximate surface area is 128 Å². The van der Waals surface area contributed by atoms with Crippen molar-refractivity contribution < 1.29 is 14.0 Å². The van der Waals surface area contributed by atoms with Gasteiger partial charge in [-0.15, -0.1) is 9.42 Å². The summed E-state index contributed by atoms with van der Waals surface area (Å²) in [7, 11) is -2.63. The normalized spacial score (nSPS) is 12.7. The van der Waals surface area contributed by atoms with Crippen molar-refractivity contribution in [2.75, 3.05) is 0 Å². The van der Waals surface area contributed by atoms with E-state index in [0.29, 0.717) is 12.8 Å². The van der Waals surface area contributed by atoms with Crippen molar-refractivity contribution in [2.45, 2.75) is 32.3 Å². The molecular formula is C15H17BrO3P+. The zero-order chi connectivity index (χ0) is 14.8. The van der Waals surface area contributed by atoms with Gasteiger partial charge in [0.05, 0.1) is 0 Å². The second kappa shape index (κ2) is 6.31. The van der Waals surface area contributed by atoms with Crippen molar-refractivity contribution >= 4 is 35.0 Å². The van der Waals surface area contributed by atoms with Gasteiger partial charge in [-0.1, -0.05) is 48.0 Å². The molecule has 2 rings (SSSR count). The zero-order valence-corrected chi connectivity index (χ0v) is 13.9. The monoisotopic (exact) mass is 355 g/mol. The highest BCUT2D eigenvalue weighted by Crippen LogP contribution is 2.41. The summed E-state index contributed by atoms with van der Waals surface area (Å²) < 4.78 is 17.5. The van der Waals surface area contributed by atoms with Crippen LogP contribution in [0.3, 0.4) is 0 Å². The highest BCUT2D eigenvalue weighted by molar-refractivity contribution is 9.10. The van der Waals surface area contributed by atoms with Gasteiger partial charge in [-0.3, -0.25) is 0 Å². The second-order valence-electron chi connectivity index (χ2n) is 4.74. The van der Waals surface area contributed by atoms with Crippen LogP contribution in [0.25, 0.3) is 10.8 Å². The molecule has 0 aliphatic rings. The van der Waals surface area contributed by atoms with Crippen molar-refractivity contribution in [3.63, 3.8) is 0 Å². The van der Waals surface area contributed by atoms with Crippen LogP contribution in [0.4, 0.5) is 0 Å². The van der Waals surface area contributed by atoms with Gasteiger partial charge in [0.15, 0.2) is 5.60 Å². The first-order valence-corrected chi connectivity index (χ1v) is 8.48. The molecule has 1 N–H and O–H groups in total. The molecule has 0 aromatic heterocycles. The summed E-state index contributed by atoms with van der Waals surface area (Å²) in [4.78, 5) is 9.15. The fourth-order valence-electron chi connectivity index (χ4n) is 2.49. The predicted molar refractivity (Wildman–Crippen MR) is 84.8 cm³/mol. The van der Waals surface area contributed by atoms with Gasteiger partial charge in [-0.2, -0.15) is 0 Å². The van der Waals surface area contributed by atoms with E-state index in [9.17, 15) is 4.57 Å². The Morgan fingerprint density at radius 3 is 2.40 bits per heavy atom. The van der Waals surface area contributed by atoms with E-state index < -0.39 is 13.9 Å². The number of rotatable bonds is 5. The molecule has 0 heterocycles. The van der Waals surface area contributed by atoms with Gasteiger partial charge < -0.3 is 0 Å². The van der Waals surface area contributed by atoms with Gasteiger partial charge in [0.1, 0.15) is 0 Å². The first-order valence-electron chi connectivity index (χ1n) is 6.56. The van der Waals surface area contributed by atoms with Crippen LogP contribution in [0.1, 0.15) is 32.3 Å². The van der Waals surface area contributed by atoms with E-state index in [1.165, 1.54) is 0 Å². The molecule has 106 valence electrons. The molecule has 0 radical (unpaired) electrons. The largest absolute Gasteiger partial charge is 0.695 e. The van der Waals surface area contributed by atoms with Gasteiger partial charge in [0.25, 0.3) is 0 Å². The predicted octanol–water partition coefficient (Wildman–Crippen LogP) is 5.28. The average molecular weight is 356 g/mol. The summed E-state index contributed by atoms with van der Waals surface area (Å²) in [5, 5.41) is 2.21. The summed E-state index contributed by atoms with van der Waals surface area (Å²) in [5.74, 6) is 0. The Morgan fingerprint density at radius 1 is 1.15 bits per heavy atom. The summed E-state index contributed by atoms with van der Waals surface area (Å²) in [6.07, 6.45) is 1.29. The number of halogens is 1. The molecule has 1 atom stereocenters. The van der Waals surface area contributed by atoms with Crippen LogP contribution < -0.4 is 0 Å². The molecule has 2 aromatic carbocycles. The lowest BCUT2D eigenvalue weighted by molar-refractivity contribution is 0.0537. The van der Waals surface area contributed by atoms with E-state index in [4.69, 9.17) is 9.42 Å². The molecule has 0 aliphatic heterocycles. The molecule has 0 spiro atoms. The maximum Gasteiger partial charge on any atom is 0.695 e. The minimum Gasteiger partial charge on any atom is -0.133 e. The number of fused-ring (bicyclic) bond motifs is 1. The van der Waals surface area contributed by atoms with Crippen LogP contribution in [-0.2, 0) is 14.7 Å². The van der Waals surface area contributed by atoms with Crippen LogP contribution in [0, 0.1) is 0 Å². The minimum atomic E-state index is -2.63. The molecule has 2 aromatic rings. The van der Waals surface area contributed by atoms with E-state index in [-0.39, 0.29) is 0 Å². The molecule has 0 amide bonds. The van der Waals surface area contributed by atoms with Gasteiger partial charge >= 0.3 is 8.25 Å². The van der Waals surface area contributed by atoms with E-state index in [0.717, 1.165) is 20.8 Å². The van der Waals surface area contributed by atoms with Gasteiger partial charge in [-0.05, 0) is 47.4 Å². The molecule has 5 heteroatoms. The number of hydrogen-bond donors (Lipinski definition) is 1. The topological polar surface area (TPSA) is 46.5 Å². The lowest BCUT2D eigenvalue weighted by atomic mass is 9.87. The lowest BCUT2D eigenvalue weighted by Crippen LogP contribution is -2.25. The minimum absolute atomic E-state index is 0.643. The maximum atomic E-state index is 11.1. The van der Waals surface area contributed by atoms with Crippen LogP contribution in [0.5, 0.6) is 0 Å². The molecule has 0 fully saturated rings. The molecule has 0 saturated heterocycles. The van der Waals surface area contributed by atoms with Crippen molar-refractivity contribution in [3.8, 4) is 0 Å². The lowest BCUT2D eigenvalue weighted by Gasteiger charge is -2.25. The van der Waals surface area contributed by atoms with Gasteiger partial charge in [0.2, 0.25) is 0 Å². The van der Waals surface area contributed by atoms with Crippen molar-refractivity contribution in [1.29, 1.82) is 0 Å². The molecule has 20 heavy (non-hydrogen) atoms. The molecule has 1 unspecified atom stereocenters. The van der Waals surface area contributed by atoms with E-state index in [2.05, 4.69) is 15.9 Å². The highest BCUT2D eigenvalue weighted by atomic mass is 79.9. The van der Waals surface area contributed by atoms with Crippen molar-refractivity contribution in [3.05, 3.63) is 46.4 Å². The van der Waals surface area contributed by atoms with Gasteiger partial charge in [0, 0.05) is 9.04 Å². The Morgan fingerprint density at radius 2 is 1.80 bits per heavy atom. The summed E-state index contributed by atoms with van der Waals surface area (Å²) >= 11 is 3.46. The van der Waals surface area contributed by atoms with Crippen LogP contribution in [-0.4, -0.2) is 4.89 Å². The standard InChI is InChI=1S/C15H16BrO3P/c1-3-15(4-2,19-20(17)18)13-7-5-11-6-8-14(16)10-12(11)9-13/h5-10H,3-4H2,1-2H3/p+1. The summed E-state index contributed by atoms with van der Waals surface area (Å²) in [5.41, 5.74) is 0.226. The molecular weight excluding hydrogens is 339 g/mol. The number of benzene rings is 2. The second-order valence-corrected chi connectivity index (χ2v) is 6.31. The van der Waals surface area contributed by atoms with Crippen LogP contribution in [0.15, 0.2) is 40.9 Å². The van der Waals surface area contributed by atoms with E-state index in [1.807, 2.05) is 50.2 Å². The zero-order valence-electron chi connectivity index (χ0n) is 11.5.